The van der Waals surface area contributed by atoms with Gasteiger partial charge in [-0.25, -0.2) is 0 Å². The number of hydrogen-bond donors (Lipinski definition) is 3. The Kier molecular flexibility index (Phi) is 1.26. The Hall–Kier alpha value is -1.22. The van der Waals surface area contributed by atoms with Gasteiger partial charge in [-0.2, -0.15) is 0 Å². The third-order valence-corrected chi connectivity index (χ3v) is 1.98. The predicted molar refractivity (Wildman–Crippen MR) is 46.2 cm³/mol. The highest BCUT2D eigenvalue weighted by Gasteiger charge is 2.17. The Morgan fingerprint density at radius 2 is 2.27 bits per heavy atom. The average Bonchev–Trinajstić information content (AvgIpc) is 2.31. The first-order valence-corrected chi connectivity index (χ1v) is 3.67. The van der Waals surface area contributed by atoms with Gasteiger partial charge in [0.15, 0.2) is 0 Å². The van der Waals surface area contributed by atoms with Crippen LogP contribution in [0.1, 0.15) is 5.56 Å². The molecular formula is C8H11N3. The molecule has 2 rings (SSSR count). The highest BCUT2D eigenvalue weighted by atomic mass is 15.1. The normalized spacial score (nSPS) is 21.0. The minimum absolute atomic E-state index is 0.0368. The molecule has 3 nitrogen and oxygen atoms in total. The van der Waals surface area contributed by atoms with E-state index in [0.717, 1.165) is 23.4 Å². The smallest absolute Gasteiger partial charge is 0.0785 e. The second-order valence-electron chi connectivity index (χ2n) is 2.83. The van der Waals surface area contributed by atoms with Gasteiger partial charge in [-0.1, -0.05) is 6.07 Å². The van der Waals surface area contributed by atoms with E-state index in [1.165, 1.54) is 0 Å². The zero-order valence-electron chi connectivity index (χ0n) is 6.17. The Morgan fingerprint density at radius 3 is 3.00 bits per heavy atom. The van der Waals surface area contributed by atoms with Crippen LogP contribution < -0.4 is 16.8 Å². The van der Waals surface area contributed by atoms with Gasteiger partial charge in [0.05, 0.1) is 6.17 Å². The molecule has 0 fully saturated rings. The number of fused-ring (bicyclic) bond motifs is 1. The zero-order chi connectivity index (χ0) is 7.84. The van der Waals surface area contributed by atoms with E-state index in [2.05, 4.69) is 5.32 Å². The van der Waals surface area contributed by atoms with Crippen molar-refractivity contribution >= 4 is 11.4 Å². The van der Waals surface area contributed by atoms with Crippen molar-refractivity contribution in [3.05, 3.63) is 23.8 Å². The van der Waals surface area contributed by atoms with Crippen molar-refractivity contribution in [3.8, 4) is 0 Å². The highest BCUT2D eigenvalue weighted by molar-refractivity contribution is 5.67. The largest absolute Gasteiger partial charge is 0.398 e. The molecule has 0 aromatic heterocycles. The monoisotopic (exact) mass is 149 g/mol. The standard InChI is InChI=1S/C8H11N3/c9-6-2-1-3-7-5(6)4-8(10)11-7/h1-3,8,11H,4,9-10H2. The number of nitrogens with two attached hydrogens (primary N) is 2. The van der Waals surface area contributed by atoms with Crippen LogP contribution >= 0.6 is 0 Å². The summed E-state index contributed by atoms with van der Waals surface area (Å²) in [5, 5.41) is 3.14. The number of anilines is 2. The van der Waals surface area contributed by atoms with Gasteiger partial charge in [0, 0.05) is 23.4 Å². The molecule has 0 saturated heterocycles. The quantitative estimate of drug-likeness (QED) is 0.471. The van der Waals surface area contributed by atoms with Gasteiger partial charge in [0.25, 0.3) is 0 Å². The summed E-state index contributed by atoms with van der Waals surface area (Å²) >= 11 is 0. The van der Waals surface area contributed by atoms with E-state index < -0.39 is 0 Å². The summed E-state index contributed by atoms with van der Waals surface area (Å²) in [5.41, 5.74) is 14.5. The second-order valence-corrected chi connectivity index (χ2v) is 2.83. The predicted octanol–water partition coefficient (Wildman–Crippen LogP) is 0.522. The van der Waals surface area contributed by atoms with Gasteiger partial charge in [-0.05, 0) is 12.1 Å². The van der Waals surface area contributed by atoms with Crippen LogP contribution in [0.15, 0.2) is 18.2 Å². The maximum atomic E-state index is 5.74. The fraction of sp³-hybridized carbons (Fsp3) is 0.250. The van der Waals surface area contributed by atoms with Gasteiger partial charge in [0.2, 0.25) is 0 Å². The summed E-state index contributed by atoms with van der Waals surface area (Å²) in [4.78, 5) is 0. The van der Waals surface area contributed by atoms with Gasteiger partial charge >= 0.3 is 0 Å². The maximum absolute atomic E-state index is 5.74. The van der Waals surface area contributed by atoms with Crippen LogP contribution in [0.4, 0.5) is 11.4 Å². The zero-order valence-corrected chi connectivity index (χ0v) is 6.17. The van der Waals surface area contributed by atoms with Crippen LogP contribution in [0.5, 0.6) is 0 Å². The third-order valence-electron chi connectivity index (χ3n) is 1.98. The van der Waals surface area contributed by atoms with Crippen molar-refractivity contribution < 1.29 is 0 Å². The van der Waals surface area contributed by atoms with E-state index in [9.17, 15) is 0 Å². The molecule has 1 atom stereocenters. The van der Waals surface area contributed by atoms with Crippen molar-refractivity contribution in [1.82, 2.24) is 0 Å². The summed E-state index contributed by atoms with van der Waals surface area (Å²) < 4.78 is 0. The molecule has 0 spiro atoms. The van der Waals surface area contributed by atoms with E-state index in [1.807, 2.05) is 18.2 Å². The van der Waals surface area contributed by atoms with Crippen LogP contribution in [0.25, 0.3) is 0 Å². The molecule has 1 aromatic carbocycles. The number of rotatable bonds is 0. The lowest BCUT2D eigenvalue weighted by Gasteiger charge is -2.01. The molecule has 1 aliphatic rings. The van der Waals surface area contributed by atoms with Crippen LogP contribution in [0.3, 0.4) is 0 Å². The lowest BCUT2D eigenvalue weighted by Crippen LogP contribution is -2.26. The first kappa shape index (κ1) is 6.49. The minimum Gasteiger partial charge on any atom is -0.398 e. The summed E-state index contributed by atoms with van der Waals surface area (Å²) in [6.07, 6.45) is 0.872. The molecular weight excluding hydrogens is 138 g/mol. The number of benzene rings is 1. The van der Waals surface area contributed by atoms with Crippen molar-refractivity contribution in [2.24, 2.45) is 5.73 Å². The topological polar surface area (TPSA) is 64.1 Å². The third kappa shape index (κ3) is 0.935. The van der Waals surface area contributed by atoms with E-state index >= 15 is 0 Å². The average molecular weight is 149 g/mol. The molecule has 1 aromatic rings. The molecule has 1 unspecified atom stereocenters. The highest BCUT2D eigenvalue weighted by Crippen LogP contribution is 2.28. The SMILES string of the molecule is Nc1cccc2c1CC(N)N2. The molecule has 1 aliphatic heterocycles. The molecule has 5 N–H and O–H groups in total. The lowest BCUT2D eigenvalue weighted by molar-refractivity contribution is 0.798. The first-order valence-electron chi connectivity index (χ1n) is 3.67. The Bertz CT molecular complexity index is 283. The summed E-state index contributed by atoms with van der Waals surface area (Å²) in [5.74, 6) is 0. The number of nitrogens with one attached hydrogen (secondary N) is 1. The molecule has 0 aliphatic carbocycles. The van der Waals surface area contributed by atoms with Crippen LogP contribution in [-0.4, -0.2) is 6.17 Å². The number of hydrogen-bond acceptors (Lipinski definition) is 3. The molecule has 0 saturated carbocycles. The Labute approximate surface area is 65.4 Å². The lowest BCUT2D eigenvalue weighted by atomic mass is 10.1. The van der Waals surface area contributed by atoms with Crippen LogP contribution in [0, 0.1) is 0 Å². The van der Waals surface area contributed by atoms with Crippen molar-refractivity contribution in [2.75, 3.05) is 11.1 Å². The van der Waals surface area contributed by atoms with Gasteiger partial charge in [-0.3, -0.25) is 0 Å². The second kappa shape index (κ2) is 2.13. The first-order chi connectivity index (χ1) is 5.27. The molecule has 3 heteroatoms. The number of nitrogen functional groups attached to an aromatic ring is 1. The fourth-order valence-corrected chi connectivity index (χ4v) is 1.44. The van der Waals surface area contributed by atoms with Gasteiger partial charge in [-0.15, -0.1) is 0 Å². The van der Waals surface area contributed by atoms with Gasteiger partial charge < -0.3 is 16.8 Å². The molecule has 11 heavy (non-hydrogen) atoms. The minimum atomic E-state index is 0.0368. The van der Waals surface area contributed by atoms with Crippen LogP contribution in [0.2, 0.25) is 0 Å². The van der Waals surface area contributed by atoms with Crippen molar-refractivity contribution in [1.29, 1.82) is 0 Å². The van der Waals surface area contributed by atoms with Crippen LogP contribution in [-0.2, 0) is 6.42 Å². The summed E-state index contributed by atoms with van der Waals surface area (Å²) in [6, 6.07) is 5.83. The molecule has 58 valence electrons. The summed E-state index contributed by atoms with van der Waals surface area (Å²) in [6.45, 7) is 0. The maximum Gasteiger partial charge on any atom is 0.0785 e. The van der Waals surface area contributed by atoms with E-state index in [-0.39, 0.29) is 6.17 Å². The van der Waals surface area contributed by atoms with Crippen molar-refractivity contribution in [2.45, 2.75) is 12.6 Å². The molecule has 1 heterocycles. The van der Waals surface area contributed by atoms with Gasteiger partial charge in [0.1, 0.15) is 0 Å². The molecule has 0 radical (unpaired) electrons. The van der Waals surface area contributed by atoms with Crippen molar-refractivity contribution in [3.63, 3.8) is 0 Å². The van der Waals surface area contributed by atoms with E-state index in [1.54, 1.807) is 0 Å². The van der Waals surface area contributed by atoms with E-state index in [4.69, 9.17) is 11.5 Å². The summed E-state index contributed by atoms with van der Waals surface area (Å²) in [7, 11) is 0. The Morgan fingerprint density at radius 1 is 1.45 bits per heavy atom. The Balaban J connectivity index is 2.49. The fourth-order valence-electron chi connectivity index (χ4n) is 1.44. The molecule has 0 amide bonds. The molecule has 0 bridgehead atoms. The van der Waals surface area contributed by atoms with E-state index in [0.29, 0.717) is 0 Å².